The third-order valence-corrected chi connectivity index (χ3v) is 2.66. The van der Waals surface area contributed by atoms with Crippen LogP contribution in [0.4, 0.5) is 0 Å². The number of unbranched alkanes of at least 4 members (excludes halogenated alkanes) is 5. The third-order valence-electron chi connectivity index (χ3n) is 2.66. The van der Waals surface area contributed by atoms with E-state index < -0.39 is 0 Å². The van der Waals surface area contributed by atoms with Gasteiger partial charge >= 0.3 is 0 Å². The second kappa shape index (κ2) is 12.9. The van der Waals surface area contributed by atoms with Crippen LogP contribution in [0, 0.1) is 0 Å². The number of aliphatic hydroxyl groups excluding tert-OH is 1. The van der Waals surface area contributed by atoms with Gasteiger partial charge < -0.3 is 14.6 Å². The molecule has 0 amide bonds. The second-order valence-electron chi connectivity index (χ2n) is 4.23. The summed E-state index contributed by atoms with van der Waals surface area (Å²) in [5.74, 6) is 0. The Kier molecular flexibility index (Phi) is 12.9. The van der Waals surface area contributed by atoms with E-state index in [1.165, 1.54) is 32.1 Å². The van der Waals surface area contributed by atoms with Gasteiger partial charge in [0.1, 0.15) is 0 Å². The summed E-state index contributed by atoms with van der Waals surface area (Å²) in [6.07, 6.45) is 8.39. The van der Waals surface area contributed by atoms with Gasteiger partial charge in [0, 0.05) is 20.3 Å². The maximum atomic E-state index is 8.83. The van der Waals surface area contributed by atoms with Crippen molar-refractivity contribution in [3.05, 3.63) is 0 Å². The van der Waals surface area contributed by atoms with Crippen molar-refractivity contribution in [3.8, 4) is 0 Å². The normalized spacial score (nSPS) is 12.9. The summed E-state index contributed by atoms with van der Waals surface area (Å²) < 4.78 is 10.7. The van der Waals surface area contributed by atoms with E-state index >= 15 is 0 Å². The molecule has 0 aromatic carbocycles. The van der Waals surface area contributed by atoms with Gasteiger partial charge in [-0.2, -0.15) is 0 Å². The highest BCUT2D eigenvalue weighted by Crippen LogP contribution is 2.06. The van der Waals surface area contributed by atoms with Crippen molar-refractivity contribution in [1.29, 1.82) is 0 Å². The highest BCUT2D eigenvalue weighted by Gasteiger charge is 2.07. The Labute approximate surface area is 100 Å². The predicted octanol–water partition coefficient (Wildman–Crippen LogP) is 2.76. The summed E-state index contributed by atoms with van der Waals surface area (Å²) in [7, 11) is 1.67. The summed E-state index contributed by atoms with van der Waals surface area (Å²) in [4.78, 5) is 0. The molecular formula is C13H28O3. The average Bonchev–Trinajstić information content (AvgIpc) is 2.28. The van der Waals surface area contributed by atoms with Crippen LogP contribution in [0.1, 0.15) is 51.9 Å². The molecule has 1 unspecified atom stereocenters. The average molecular weight is 232 g/mol. The Morgan fingerprint density at radius 3 is 2.38 bits per heavy atom. The molecule has 0 spiro atoms. The smallest absolute Gasteiger partial charge is 0.0830 e. The second-order valence-corrected chi connectivity index (χ2v) is 4.23. The fourth-order valence-electron chi connectivity index (χ4n) is 1.68. The van der Waals surface area contributed by atoms with Crippen LogP contribution < -0.4 is 0 Å². The minimum absolute atomic E-state index is 0.0608. The molecule has 3 nitrogen and oxygen atoms in total. The molecule has 0 fully saturated rings. The Hall–Kier alpha value is -0.120. The molecule has 0 saturated carbocycles. The zero-order valence-electron chi connectivity index (χ0n) is 10.9. The molecule has 1 atom stereocenters. The molecule has 1 N–H and O–H groups in total. The number of aliphatic hydroxyl groups is 1. The van der Waals surface area contributed by atoms with E-state index in [0.29, 0.717) is 13.0 Å². The van der Waals surface area contributed by atoms with Gasteiger partial charge in [-0.25, -0.2) is 0 Å². The fourth-order valence-corrected chi connectivity index (χ4v) is 1.68. The van der Waals surface area contributed by atoms with Gasteiger partial charge in [0.15, 0.2) is 0 Å². The minimum Gasteiger partial charge on any atom is -0.396 e. The zero-order valence-corrected chi connectivity index (χ0v) is 10.9. The molecule has 0 bridgehead atoms. The maximum Gasteiger partial charge on any atom is 0.0830 e. The molecule has 0 aliphatic carbocycles. The third kappa shape index (κ3) is 10.4. The lowest BCUT2D eigenvalue weighted by atomic mass is 10.1. The van der Waals surface area contributed by atoms with Gasteiger partial charge in [0.05, 0.1) is 12.7 Å². The molecule has 0 aromatic heterocycles. The summed E-state index contributed by atoms with van der Waals surface area (Å²) in [6.45, 7) is 3.77. The van der Waals surface area contributed by atoms with Crippen LogP contribution in [-0.2, 0) is 9.47 Å². The van der Waals surface area contributed by atoms with Crippen molar-refractivity contribution in [2.75, 3.05) is 26.9 Å². The molecule has 16 heavy (non-hydrogen) atoms. The lowest BCUT2D eigenvalue weighted by molar-refractivity contribution is -0.0152. The largest absolute Gasteiger partial charge is 0.396 e. The van der Waals surface area contributed by atoms with Crippen molar-refractivity contribution in [2.24, 2.45) is 0 Å². The first-order chi connectivity index (χ1) is 7.85. The first-order valence-corrected chi connectivity index (χ1v) is 6.56. The van der Waals surface area contributed by atoms with Crippen LogP contribution in [-0.4, -0.2) is 38.1 Å². The van der Waals surface area contributed by atoms with Gasteiger partial charge in [-0.15, -0.1) is 0 Å². The van der Waals surface area contributed by atoms with Gasteiger partial charge in [-0.05, 0) is 12.8 Å². The molecule has 0 radical (unpaired) electrons. The molecule has 0 aromatic rings. The number of hydrogen-bond donors (Lipinski definition) is 1. The van der Waals surface area contributed by atoms with E-state index in [-0.39, 0.29) is 12.7 Å². The number of methoxy groups -OCH3 is 1. The van der Waals surface area contributed by atoms with Crippen LogP contribution in [0.5, 0.6) is 0 Å². The summed E-state index contributed by atoms with van der Waals surface area (Å²) in [5, 5.41) is 8.83. The number of ether oxygens (including phenoxy) is 2. The van der Waals surface area contributed by atoms with E-state index in [4.69, 9.17) is 14.6 Å². The van der Waals surface area contributed by atoms with Crippen LogP contribution in [0.15, 0.2) is 0 Å². The number of hydrogen-bond acceptors (Lipinski definition) is 3. The summed E-state index contributed by atoms with van der Waals surface area (Å²) >= 11 is 0. The minimum atomic E-state index is 0.0608. The fraction of sp³-hybridized carbons (Fsp3) is 1.00. The zero-order chi connectivity index (χ0) is 12.1. The van der Waals surface area contributed by atoms with E-state index in [0.717, 1.165) is 13.0 Å². The van der Waals surface area contributed by atoms with Gasteiger partial charge in [-0.3, -0.25) is 0 Å². The molecule has 3 heteroatoms. The molecule has 0 saturated heterocycles. The summed E-state index contributed by atoms with van der Waals surface area (Å²) in [6, 6.07) is 0. The van der Waals surface area contributed by atoms with E-state index in [1.54, 1.807) is 7.11 Å². The first-order valence-electron chi connectivity index (χ1n) is 6.56. The van der Waals surface area contributed by atoms with Crippen LogP contribution in [0.25, 0.3) is 0 Å². The highest BCUT2D eigenvalue weighted by molar-refractivity contribution is 4.55. The molecule has 0 rings (SSSR count). The van der Waals surface area contributed by atoms with Gasteiger partial charge in [0.2, 0.25) is 0 Å². The van der Waals surface area contributed by atoms with E-state index in [9.17, 15) is 0 Å². The maximum absolute atomic E-state index is 8.83. The Bertz CT molecular complexity index is 122. The monoisotopic (exact) mass is 232 g/mol. The topological polar surface area (TPSA) is 38.7 Å². The number of rotatable bonds is 12. The van der Waals surface area contributed by atoms with Crippen LogP contribution in [0.3, 0.4) is 0 Å². The lowest BCUT2D eigenvalue weighted by Gasteiger charge is -2.15. The van der Waals surface area contributed by atoms with Gasteiger partial charge in [0.25, 0.3) is 0 Å². The van der Waals surface area contributed by atoms with Crippen LogP contribution >= 0.6 is 0 Å². The first kappa shape index (κ1) is 15.9. The molecule has 98 valence electrons. The summed E-state index contributed by atoms with van der Waals surface area (Å²) in [5.41, 5.74) is 0. The molecule has 0 aliphatic rings. The van der Waals surface area contributed by atoms with Crippen molar-refractivity contribution in [2.45, 2.75) is 58.0 Å². The van der Waals surface area contributed by atoms with Gasteiger partial charge in [-0.1, -0.05) is 39.0 Å². The standard InChI is InChI=1S/C13H28O3/c1-3-4-5-6-7-8-11-16-13(9-10-14)12-15-2/h13-14H,3-12H2,1-2H3. The van der Waals surface area contributed by atoms with Crippen molar-refractivity contribution < 1.29 is 14.6 Å². The molecule has 0 aliphatic heterocycles. The van der Waals surface area contributed by atoms with Crippen molar-refractivity contribution in [3.63, 3.8) is 0 Å². The van der Waals surface area contributed by atoms with Crippen LogP contribution in [0.2, 0.25) is 0 Å². The highest BCUT2D eigenvalue weighted by atomic mass is 16.5. The van der Waals surface area contributed by atoms with Crippen molar-refractivity contribution >= 4 is 0 Å². The van der Waals surface area contributed by atoms with Crippen molar-refractivity contribution in [1.82, 2.24) is 0 Å². The van der Waals surface area contributed by atoms with E-state index in [1.807, 2.05) is 0 Å². The predicted molar refractivity (Wildman–Crippen MR) is 66.7 cm³/mol. The molecule has 0 heterocycles. The Morgan fingerprint density at radius 2 is 1.75 bits per heavy atom. The lowest BCUT2D eigenvalue weighted by Crippen LogP contribution is -2.21. The molecular weight excluding hydrogens is 204 g/mol. The quantitative estimate of drug-likeness (QED) is 0.526. The van der Waals surface area contributed by atoms with E-state index in [2.05, 4.69) is 6.92 Å². The SMILES string of the molecule is CCCCCCCCOC(CCO)COC. The Morgan fingerprint density at radius 1 is 1.06 bits per heavy atom. The Balaban J connectivity index is 3.25.